The van der Waals surface area contributed by atoms with Gasteiger partial charge in [-0.15, -0.1) is 22.7 Å². The average Bonchev–Trinajstić information content (AvgIpc) is 4.18. The molecule has 0 bridgehead atoms. The second kappa shape index (κ2) is 23.4. The number of nitrogens with one attached hydrogen (secondary N) is 6. The smallest absolute Gasteiger partial charge is 0.407 e. The van der Waals surface area contributed by atoms with Crippen LogP contribution in [0.15, 0.2) is 72.8 Å². The molecule has 2 saturated carbocycles. The van der Waals surface area contributed by atoms with E-state index in [1.54, 1.807) is 18.3 Å². The Kier molecular flexibility index (Phi) is 16.5. The van der Waals surface area contributed by atoms with Crippen LogP contribution in [0, 0.1) is 31.6 Å². The van der Waals surface area contributed by atoms with E-state index in [9.17, 15) is 30.0 Å². The number of aryl methyl sites for hydroxylation is 2. The third-order valence-electron chi connectivity index (χ3n) is 14.3. The molecular formula is C53H64N12O8S2. The molecule has 22 heteroatoms. The number of carbonyl (C=O) groups is 2. The number of rotatable bonds is 21. The minimum Gasteiger partial charge on any atom is -0.450 e. The molecule has 7 aromatic rings. The molecule has 396 valence electrons. The molecule has 2 amide bonds. The van der Waals surface area contributed by atoms with Gasteiger partial charge in [0, 0.05) is 50.8 Å². The first kappa shape index (κ1) is 53.0. The first-order valence-electron chi connectivity index (χ1n) is 25.3. The van der Waals surface area contributed by atoms with Crippen molar-refractivity contribution in [3.05, 3.63) is 95.3 Å². The van der Waals surface area contributed by atoms with Crippen LogP contribution in [0.4, 0.5) is 33.1 Å². The lowest BCUT2D eigenvalue weighted by atomic mass is 9.79. The fourth-order valence-electron chi connectivity index (χ4n) is 10.2. The molecule has 4 heterocycles. The topological polar surface area (TPSA) is 283 Å². The SMILES string of the molecule is CCOC(=O)NCCNc1nc(C)c(-c2nc3c(CC4(Nc5nc(NCCNC(=O)OCc6ccccc6)nc(C)c5-c5nc6ccccc6s5)CCC(CO)C4C)cccc3s2)c(NC2(O)CCC(CO)C2O)n1. The molecule has 0 radical (unpaired) electrons. The van der Waals surface area contributed by atoms with E-state index in [4.69, 9.17) is 39.4 Å². The number of amides is 2. The number of aliphatic hydroxyl groups is 4. The van der Waals surface area contributed by atoms with E-state index in [-0.39, 0.29) is 76.1 Å². The zero-order valence-corrected chi connectivity index (χ0v) is 44.0. The summed E-state index contributed by atoms with van der Waals surface area (Å²) in [6.07, 6.45) is 0.159. The van der Waals surface area contributed by atoms with Crippen molar-refractivity contribution in [3.8, 4) is 21.1 Å². The van der Waals surface area contributed by atoms with Crippen LogP contribution in [-0.2, 0) is 22.5 Å². The quantitative estimate of drug-likeness (QED) is 0.0251. The summed E-state index contributed by atoms with van der Waals surface area (Å²) in [5.41, 5.74) is 3.56. The Bertz CT molecular complexity index is 3090. The first-order chi connectivity index (χ1) is 36.3. The van der Waals surface area contributed by atoms with Gasteiger partial charge in [0.1, 0.15) is 34.4 Å². The Morgan fingerprint density at radius 2 is 1.29 bits per heavy atom. The summed E-state index contributed by atoms with van der Waals surface area (Å²) < 4.78 is 12.3. The number of carbonyl (C=O) groups excluding carboxylic acids is 2. The molecule has 10 N–H and O–H groups in total. The van der Waals surface area contributed by atoms with E-state index in [0.29, 0.717) is 59.5 Å². The number of fused-ring (bicyclic) bond motifs is 2. The zero-order valence-electron chi connectivity index (χ0n) is 42.4. The summed E-state index contributed by atoms with van der Waals surface area (Å²) in [4.78, 5) is 54.5. The molecule has 0 spiro atoms. The van der Waals surface area contributed by atoms with Gasteiger partial charge in [-0.25, -0.2) is 29.5 Å². The Morgan fingerprint density at radius 3 is 1.93 bits per heavy atom. The normalized spacial score (nSPS) is 21.3. The Hall–Kier alpha value is -6.82. The zero-order chi connectivity index (χ0) is 52.7. The molecule has 2 fully saturated rings. The van der Waals surface area contributed by atoms with Gasteiger partial charge < -0.3 is 61.8 Å². The Morgan fingerprint density at radius 1 is 0.693 bits per heavy atom. The summed E-state index contributed by atoms with van der Waals surface area (Å²) in [6, 6.07) is 23.6. The highest BCUT2D eigenvalue weighted by atomic mass is 32.1. The molecule has 0 saturated heterocycles. The van der Waals surface area contributed by atoms with Gasteiger partial charge in [-0.2, -0.15) is 9.97 Å². The van der Waals surface area contributed by atoms with E-state index in [0.717, 1.165) is 48.6 Å². The number of aromatic nitrogens is 6. The fraction of sp³-hybridized carbons (Fsp3) is 0.434. The minimum absolute atomic E-state index is 0.00878. The van der Waals surface area contributed by atoms with Crippen LogP contribution in [0.3, 0.4) is 0 Å². The maximum Gasteiger partial charge on any atom is 0.407 e. The summed E-state index contributed by atoms with van der Waals surface area (Å²) in [5.74, 6) is 0.821. The van der Waals surface area contributed by atoms with Gasteiger partial charge in [-0.05, 0) is 94.0 Å². The molecule has 75 heavy (non-hydrogen) atoms. The Balaban J connectivity index is 1.04. The van der Waals surface area contributed by atoms with Crippen molar-refractivity contribution in [2.24, 2.45) is 17.8 Å². The van der Waals surface area contributed by atoms with Crippen LogP contribution < -0.4 is 31.9 Å². The van der Waals surface area contributed by atoms with Crippen molar-refractivity contribution < 1.29 is 39.5 Å². The van der Waals surface area contributed by atoms with Crippen molar-refractivity contribution in [2.45, 2.75) is 83.8 Å². The maximum atomic E-state index is 12.6. The third kappa shape index (κ3) is 11.9. The minimum atomic E-state index is -1.81. The molecule has 6 unspecified atom stereocenters. The van der Waals surface area contributed by atoms with Crippen molar-refractivity contribution >= 4 is 78.8 Å². The Labute approximate surface area is 442 Å². The number of benzene rings is 3. The lowest BCUT2D eigenvalue weighted by Gasteiger charge is -2.38. The van der Waals surface area contributed by atoms with E-state index in [1.165, 1.54) is 11.3 Å². The number of aliphatic hydroxyl groups excluding tert-OH is 3. The molecule has 6 atom stereocenters. The number of hydrogen-bond donors (Lipinski definition) is 10. The van der Waals surface area contributed by atoms with Gasteiger partial charge in [0.15, 0.2) is 5.72 Å². The highest BCUT2D eigenvalue weighted by Gasteiger charge is 2.48. The number of thiazole rings is 2. The maximum absolute atomic E-state index is 12.6. The number of para-hydroxylation sites is 2. The molecule has 2 aliphatic rings. The van der Waals surface area contributed by atoms with Gasteiger partial charge >= 0.3 is 12.2 Å². The molecular weight excluding hydrogens is 997 g/mol. The summed E-state index contributed by atoms with van der Waals surface area (Å²) in [5, 5.41) is 64.2. The standard InChI is InChI=1S/C53H64N12O8S2/c1-5-72-50(69)56-24-22-55-49-59-32(4)41(45(63-49)65-53(71)21-19-36(28-67)43(53)68)47-61-42-34(14-11-17-39(42)75-47)26-52(20-18-35(27-66)30(52)2)64-44-40(46-60-37-15-9-10-16-38(37)74-46)31(3)58-48(62-44)54-23-25-57-51(70)73-29-33-12-7-6-8-13-33/h6-17,30,35-36,43,66-68,71H,5,18-29H2,1-4H3,(H,56,69)(H,57,70)(H2,54,58,62,64)(H2,55,59,63,65). The highest BCUT2D eigenvalue weighted by molar-refractivity contribution is 7.22. The second-order valence-electron chi connectivity index (χ2n) is 19.2. The summed E-state index contributed by atoms with van der Waals surface area (Å²) >= 11 is 3.01. The van der Waals surface area contributed by atoms with E-state index < -0.39 is 35.5 Å². The van der Waals surface area contributed by atoms with Crippen LogP contribution in [0.5, 0.6) is 0 Å². The van der Waals surface area contributed by atoms with Gasteiger partial charge in [-0.1, -0.05) is 61.5 Å². The van der Waals surface area contributed by atoms with Crippen molar-refractivity contribution in [2.75, 3.05) is 67.3 Å². The lowest BCUT2D eigenvalue weighted by Crippen LogP contribution is -2.48. The number of nitrogens with zero attached hydrogens (tertiary/aromatic N) is 6. The molecule has 20 nitrogen and oxygen atoms in total. The molecule has 4 aromatic heterocycles. The van der Waals surface area contributed by atoms with Crippen LogP contribution in [0.2, 0.25) is 0 Å². The number of hydrogen-bond acceptors (Lipinski definition) is 20. The molecule has 0 aliphatic heterocycles. The molecule has 2 aliphatic carbocycles. The fourth-order valence-corrected chi connectivity index (χ4v) is 12.3. The summed E-state index contributed by atoms with van der Waals surface area (Å²) in [7, 11) is 0. The average molecular weight is 1060 g/mol. The van der Waals surface area contributed by atoms with Crippen LogP contribution >= 0.6 is 22.7 Å². The molecule has 9 rings (SSSR count). The van der Waals surface area contributed by atoms with Gasteiger partial charge in [0.2, 0.25) is 11.9 Å². The predicted octanol–water partition coefficient (Wildman–Crippen LogP) is 7.23. The van der Waals surface area contributed by atoms with Crippen LogP contribution in [-0.4, -0.2) is 126 Å². The number of alkyl carbamates (subject to hydrolysis) is 2. The van der Waals surface area contributed by atoms with Gasteiger partial charge in [0.05, 0.1) is 49.6 Å². The first-order valence-corrected chi connectivity index (χ1v) is 27.0. The summed E-state index contributed by atoms with van der Waals surface area (Å²) in [6.45, 7) is 8.86. The third-order valence-corrected chi connectivity index (χ3v) is 16.4. The lowest BCUT2D eigenvalue weighted by molar-refractivity contribution is -0.0545. The molecule has 3 aromatic carbocycles. The monoisotopic (exact) mass is 1060 g/mol. The van der Waals surface area contributed by atoms with Gasteiger partial charge in [-0.3, -0.25) is 0 Å². The van der Waals surface area contributed by atoms with E-state index >= 15 is 0 Å². The van der Waals surface area contributed by atoms with E-state index in [2.05, 4.69) is 44.9 Å². The second-order valence-corrected chi connectivity index (χ2v) is 21.2. The number of anilines is 4. The van der Waals surface area contributed by atoms with Gasteiger partial charge in [0.25, 0.3) is 0 Å². The van der Waals surface area contributed by atoms with Crippen molar-refractivity contribution in [1.29, 1.82) is 0 Å². The van der Waals surface area contributed by atoms with Crippen LogP contribution in [0.25, 0.3) is 41.6 Å². The predicted molar refractivity (Wildman–Crippen MR) is 291 cm³/mol. The number of ether oxygens (including phenoxy) is 2. The van der Waals surface area contributed by atoms with E-state index in [1.807, 2.05) is 80.6 Å². The van der Waals surface area contributed by atoms with Crippen molar-refractivity contribution in [1.82, 2.24) is 40.5 Å². The van der Waals surface area contributed by atoms with Crippen molar-refractivity contribution in [3.63, 3.8) is 0 Å². The van der Waals surface area contributed by atoms with Crippen LogP contribution in [0.1, 0.15) is 62.0 Å². The largest absolute Gasteiger partial charge is 0.450 e. The highest BCUT2D eigenvalue weighted by Crippen LogP contribution is 2.48.